The first kappa shape index (κ1) is 19.7. The molecule has 1 aliphatic heterocycles. The SMILES string of the molecule is CN(Cc1ccc(C(C)(C)C)cc1)C(=O)c1cc2c(cc1[N+](=O)[O-])OCCO2. The van der Waals surface area contributed by atoms with E-state index in [-0.39, 0.29) is 22.4 Å². The molecular weight excluding hydrogens is 360 g/mol. The van der Waals surface area contributed by atoms with Gasteiger partial charge in [0.2, 0.25) is 0 Å². The van der Waals surface area contributed by atoms with E-state index in [1.54, 1.807) is 7.05 Å². The van der Waals surface area contributed by atoms with Crippen LogP contribution in [0.3, 0.4) is 0 Å². The van der Waals surface area contributed by atoms with Gasteiger partial charge in [-0.3, -0.25) is 14.9 Å². The maximum Gasteiger partial charge on any atom is 0.286 e. The average Bonchev–Trinajstić information content (AvgIpc) is 2.66. The zero-order valence-corrected chi connectivity index (χ0v) is 16.5. The lowest BCUT2D eigenvalue weighted by molar-refractivity contribution is -0.385. The number of rotatable bonds is 4. The van der Waals surface area contributed by atoms with Crippen LogP contribution in [-0.4, -0.2) is 36.0 Å². The summed E-state index contributed by atoms with van der Waals surface area (Å²) in [7, 11) is 1.63. The van der Waals surface area contributed by atoms with Gasteiger partial charge in [-0.15, -0.1) is 0 Å². The predicted molar refractivity (Wildman–Crippen MR) is 105 cm³/mol. The number of hydrogen-bond donors (Lipinski definition) is 0. The summed E-state index contributed by atoms with van der Waals surface area (Å²) in [6.45, 7) is 7.42. The Balaban J connectivity index is 1.84. The Bertz CT molecular complexity index is 900. The quantitative estimate of drug-likeness (QED) is 0.589. The maximum absolute atomic E-state index is 12.9. The summed E-state index contributed by atoms with van der Waals surface area (Å²) in [4.78, 5) is 25.3. The van der Waals surface area contributed by atoms with Crippen molar-refractivity contribution in [2.45, 2.75) is 32.7 Å². The van der Waals surface area contributed by atoms with Crippen molar-refractivity contribution in [1.29, 1.82) is 0 Å². The maximum atomic E-state index is 12.9. The molecule has 0 spiro atoms. The van der Waals surface area contributed by atoms with E-state index in [1.165, 1.54) is 22.6 Å². The topological polar surface area (TPSA) is 81.9 Å². The van der Waals surface area contributed by atoms with Crippen molar-refractivity contribution in [1.82, 2.24) is 4.90 Å². The molecule has 7 heteroatoms. The van der Waals surface area contributed by atoms with Crippen LogP contribution in [0.25, 0.3) is 0 Å². The van der Waals surface area contributed by atoms with Crippen molar-refractivity contribution in [2.75, 3.05) is 20.3 Å². The van der Waals surface area contributed by atoms with E-state index in [9.17, 15) is 14.9 Å². The van der Waals surface area contributed by atoms with Crippen LogP contribution in [0.4, 0.5) is 5.69 Å². The van der Waals surface area contributed by atoms with E-state index in [2.05, 4.69) is 20.8 Å². The first-order valence-electron chi connectivity index (χ1n) is 9.10. The fraction of sp³-hybridized carbons (Fsp3) is 0.381. The van der Waals surface area contributed by atoms with Gasteiger partial charge in [0.1, 0.15) is 18.8 Å². The monoisotopic (exact) mass is 384 g/mol. The smallest absolute Gasteiger partial charge is 0.286 e. The van der Waals surface area contributed by atoms with E-state index in [0.29, 0.717) is 25.5 Å². The molecule has 1 aliphatic rings. The molecule has 0 saturated heterocycles. The molecule has 0 bridgehead atoms. The predicted octanol–water partition coefficient (Wildman–Crippen LogP) is 3.94. The summed E-state index contributed by atoms with van der Waals surface area (Å²) < 4.78 is 10.9. The summed E-state index contributed by atoms with van der Waals surface area (Å²) in [5.74, 6) is 0.196. The molecule has 0 radical (unpaired) electrons. The molecule has 0 saturated carbocycles. The summed E-state index contributed by atoms with van der Waals surface area (Å²) in [5.41, 5.74) is 1.90. The summed E-state index contributed by atoms with van der Waals surface area (Å²) >= 11 is 0. The number of carbonyl (C=O) groups excluding carboxylic acids is 1. The standard InChI is InChI=1S/C21H24N2O5/c1-21(2,3)15-7-5-14(6-8-15)13-22(4)20(24)16-11-18-19(28-10-9-27-18)12-17(16)23(25)26/h5-8,11-12H,9-10,13H2,1-4H3. The summed E-state index contributed by atoms with van der Waals surface area (Å²) in [6.07, 6.45) is 0. The molecule has 0 aromatic heterocycles. The van der Waals surface area contributed by atoms with E-state index >= 15 is 0 Å². The molecule has 1 amide bonds. The van der Waals surface area contributed by atoms with E-state index < -0.39 is 10.8 Å². The molecule has 2 aromatic carbocycles. The Labute approximate surface area is 164 Å². The lowest BCUT2D eigenvalue weighted by Gasteiger charge is -2.22. The fourth-order valence-corrected chi connectivity index (χ4v) is 3.06. The molecule has 0 fully saturated rings. The summed E-state index contributed by atoms with van der Waals surface area (Å²) in [5, 5.41) is 11.5. The van der Waals surface area contributed by atoms with E-state index in [0.717, 1.165) is 5.56 Å². The highest BCUT2D eigenvalue weighted by molar-refractivity contribution is 5.99. The van der Waals surface area contributed by atoms with Gasteiger partial charge in [-0.1, -0.05) is 45.0 Å². The highest BCUT2D eigenvalue weighted by atomic mass is 16.6. The number of hydrogen-bond acceptors (Lipinski definition) is 5. The highest BCUT2D eigenvalue weighted by Crippen LogP contribution is 2.37. The van der Waals surface area contributed by atoms with Gasteiger partial charge in [0.15, 0.2) is 11.5 Å². The second-order valence-corrected chi connectivity index (χ2v) is 7.88. The Hall–Kier alpha value is -3.09. The van der Waals surface area contributed by atoms with Crippen LogP contribution >= 0.6 is 0 Å². The zero-order valence-electron chi connectivity index (χ0n) is 16.5. The van der Waals surface area contributed by atoms with Gasteiger partial charge in [0.05, 0.1) is 11.0 Å². The Morgan fingerprint density at radius 1 is 1.11 bits per heavy atom. The van der Waals surface area contributed by atoms with Crippen molar-refractivity contribution in [3.05, 3.63) is 63.2 Å². The van der Waals surface area contributed by atoms with Crippen LogP contribution in [0.1, 0.15) is 42.3 Å². The van der Waals surface area contributed by atoms with Gasteiger partial charge >= 0.3 is 0 Å². The molecule has 7 nitrogen and oxygen atoms in total. The minimum absolute atomic E-state index is 0.0111. The van der Waals surface area contributed by atoms with Crippen molar-refractivity contribution in [3.63, 3.8) is 0 Å². The number of nitrogens with zero attached hydrogens (tertiary/aromatic N) is 2. The fourth-order valence-electron chi connectivity index (χ4n) is 3.06. The van der Waals surface area contributed by atoms with E-state index in [1.807, 2.05) is 24.3 Å². The van der Waals surface area contributed by atoms with Crippen LogP contribution in [0.5, 0.6) is 11.5 Å². The molecule has 0 aliphatic carbocycles. The number of nitro benzene ring substituents is 1. The lowest BCUT2D eigenvalue weighted by atomic mass is 9.87. The van der Waals surface area contributed by atoms with Gasteiger partial charge in [-0.25, -0.2) is 0 Å². The normalized spacial score (nSPS) is 13.1. The molecule has 28 heavy (non-hydrogen) atoms. The molecule has 2 aromatic rings. The van der Waals surface area contributed by atoms with Crippen LogP contribution in [-0.2, 0) is 12.0 Å². The Kier molecular flexibility index (Phi) is 5.27. The molecule has 1 heterocycles. The van der Waals surface area contributed by atoms with Crippen molar-refractivity contribution in [3.8, 4) is 11.5 Å². The molecule has 148 valence electrons. The van der Waals surface area contributed by atoms with Crippen molar-refractivity contribution < 1.29 is 19.2 Å². The van der Waals surface area contributed by atoms with Gasteiger partial charge < -0.3 is 14.4 Å². The molecular formula is C21H24N2O5. The highest BCUT2D eigenvalue weighted by Gasteiger charge is 2.28. The molecule has 3 rings (SSSR count). The van der Waals surface area contributed by atoms with Crippen LogP contribution < -0.4 is 9.47 Å². The van der Waals surface area contributed by atoms with Gasteiger partial charge in [0, 0.05) is 19.7 Å². The Morgan fingerprint density at radius 3 is 2.21 bits per heavy atom. The van der Waals surface area contributed by atoms with Gasteiger partial charge in [-0.05, 0) is 16.5 Å². The first-order chi connectivity index (χ1) is 13.2. The van der Waals surface area contributed by atoms with Crippen molar-refractivity contribution in [2.24, 2.45) is 0 Å². The van der Waals surface area contributed by atoms with Crippen LogP contribution in [0.2, 0.25) is 0 Å². The first-order valence-corrected chi connectivity index (χ1v) is 9.10. The summed E-state index contributed by atoms with van der Waals surface area (Å²) in [6, 6.07) is 10.7. The third kappa shape index (κ3) is 4.08. The molecule has 0 N–H and O–H groups in total. The third-order valence-electron chi connectivity index (χ3n) is 4.67. The largest absolute Gasteiger partial charge is 0.486 e. The molecule has 0 unspecified atom stereocenters. The number of benzene rings is 2. The molecule has 0 atom stereocenters. The lowest BCUT2D eigenvalue weighted by Crippen LogP contribution is -2.27. The number of nitro groups is 1. The number of carbonyl (C=O) groups is 1. The Morgan fingerprint density at radius 2 is 1.68 bits per heavy atom. The second kappa shape index (κ2) is 7.50. The average molecular weight is 384 g/mol. The number of fused-ring (bicyclic) bond motifs is 1. The van der Waals surface area contributed by atoms with Crippen LogP contribution in [0, 0.1) is 10.1 Å². The van der Waals surface area contributed by atoms with Gasteiger partial charge in [0.25, 0.3) is 11.6 Å². The zero-order chi connectivity index (χ0) is 20.5. The van der Waals surface area contributed by atoms with Crippen molar-refractivity contribution >= 4 is 11.6 Å². The second-order valence-electron chi connectivity index (χ2n) is 7.88. The number of amides is 1. The van der Waals surface area contributed by atoms with E-state index in [4.69, 9.17) is 9.47 Å². The van der Waals surface area contributed by atoms with Crippen LogP contribution in [0.15, 0.2) is 36.4 Å². The third-order valence-corrected chi connectivity index (χ3v) is 4.67. The van der Waals surface area contributed by atoms with Gasteiger partial charge in [-0.2, -0.15) is 0 Å². The number of ether oxygens (including phenoxy) is 2. The minimum atomic E-state index is -0.572. The minimum Gasteiger partial charge on any atom is -0.486 e.